The zero-order valence-corrected chi connectivity index (χ0v) is 40.9. The molecule has 0 aliphatic carbocycles. The Morgan fingerprint density at radius 1 is 0.286 bits per heavy atom. The van der Waals surface area contributed by atoms with Gasteiger partial charge in [-0.15, -0.1) is 0 Å². The molecule has 0 saturated carbocycles. The predicted octanol–water partition coefficient (Wildman–Crippen LogP) is 15.9. The second-order valence-electron chi connectivity index (χ2n) is 19.0. The molecule has 0 radical (unpaired) electrons. The molecule has 0 bridgehead atoms. The van der Waals surface area contributed by atoms with Gasteiger partial charge in [-0.1, -0.05) is 109 Å². The summed E-state index contributed by atoms with van der Waals surface area (Å²) in [4.78, 5) is 9.89. The molecule has 354 valence electrons. The van der Waals surface area contributed by atoms with E-state index in [1.54, 1.807) is 24.3 Å². The SMILES string of the molecule is N#Cc1ccc(-c2cc(-c3ccc(-c4c(C#N)cc(-n5c6ccc(-n7c8ccccc8c8ccccc87)cc6c6cc(-n7c8ccccc8c8ccccc87)ccc65)cc4C#N)cc3)nc(-c3ccc(C#N)cc3)n2)cc1. The van der Waals surface area contributed by atoms with E-state index in [0.29, 0.717) is 56.3 Å². The molecule has 4 heterocycles. The summed E-state index contributed by atoms with van der Waals surface area (Å²) in [5.41, 5.74) is 15.7. The highest BCUT2D eigenvalue weighted by molar-refractivity contribution is 6.14. The highest BCUT2D eigenvalue weighted by atomic mass is 15.0. The van der Waals surface area contributed by atoms with E-state index in [9.17, 15) is 21.0 Å². The van der Waals surface area contributed by atoms with Gasteiger partial charge in [0.1, 0.15) is 0 Å². The summed E-state index contributed by atoms with van der Waals surface area (Å²) >= 11 is 0. The van der Waals surface area contributed by atoms with E-state index >= 15 is 0 Å². The number of nitrogens with zero attached hydrogens (tertiary/aromatic N) is 9. The van der Waals surface area contributed by atoms with Gasteiger partial charge >= 0.3 is 0 Å². The Balaban J connectivity index is 0.924. The summed E-state index contributed by atoms with van der Waals surface area (Å²) in [5, 5.41) is 47.7. The maximum atomic E-state index is 11.0. The molecule has 0 aliphatic heterocycles. The van der Waals surface area contributed by atoms with Gasteiger partial charge in [0, 0.05) is 71.6 Å². The van der Waals surface area contributed by atoms with E-state index < -0.39 is 0 Å². The monoisotopic (exact) mass is 979 g/mol. The summed E-state index contributed by atoms with van der Waals surface area (Å²) in [5.74, 6) is 0.473. The van der Waals surface area contributed by atoms with Crippen LogP contribution in [0.5, 0.6) is 0 Å². The summed E-state index contributed by atoms with van der Waals surface area (Å²) in [6.45, 7) is 0. The van der Waals surface area contributed by atoms with Crippen molar-refractivity contribution >= 4 is 65.4 Å². The third kappa shape index (κ3) is 7.13. The van der Waals surface area contributed by atoms with Crippen molar-refractivity contribution in [2.75, 3.05) is 0 Å². The lowest BCUT2D eigenvalue weighted by Crippen LogP contribution is -2.00. The zero-order chi connectivity index (χ0) is 51.7. The number of hydrogen-bond donors (Lipinski definition) is 0. The minimum absolute atomic E-state index is 0.360. The zero-order valence-electron chi connectivity index (χ0n) is 40.9. The van der Waals surface area contributed by atoms with E-state index in [1.807, 2.05) is 66.7 Å². The van der Waals surface area contributed by atoms with Crippen LogP contribution >= 0.6 is 0 Å². The molecule has 10 aromatic carbocycles. The smallest absolute Gasteiger partial charge is 0.160 e. The third-order valence-corrected chi connectivity index (χ3v) is 14.8. The van der Waals surface area contributed by atoms with E-state index in [0.717, 1.165) is 71.9 Å². The molecule has 14 rings (SSSR count). The fraction of sp³-hybridized carbons (Fsp3) is 0. The molecule has 0 spiro atoms. The Morgan fingerprint density at radius 3 is 1.04 bits per heavy atom. The summed E-state index contributed by atoms with van der Waals surface area (Å²) in [6.07, 6.45) is 0. The lowest BCUT2D eigenvalue weighted by molar-refractivity contribution is 1.16. The van der Waals surface area contributed by atoms with Crippen LogP contribution in [0.25, 0.3) is 128 Å². The Labute approximate surface area is 441 Å². The molecular weight excluding hydrogens is 943 g/mol. The topological polar surface area (TPSA) is 136 Å². The Bertz CT molecular complexity index is 4560. The van der Waals surface area contributed by atoms with Crippen LogP contribution < -0.4 is 0 Å². The third-order valence-electron chi connectivity index (χ3n) is 14.8. The molecule has 14 aromatic rings. The van der Waals surface area contributed by atoms with Crippen LogP contribution in [0.3, 0.4) is 0 Å². The normalized spacial score (nSPS) is 11.3. The predicted molar refractivity (Wildman–Crippen MR) is 306 cm³/mol. The first kappa shape index (κ1) is 44.3. The van der Waals surface area contributed by atoms with Crippen LogP contribution in [0.1, 0.15) is 22.3 Å². The maximum absolute atomic E-state index is 11.0. The van der Waals surface area contributed by atoms with Gasteiger partial charge in [0.15, 0.2) is 5.82 Å². The van der Waals surface area contributed by atoms with Crippen molar-refractivity contribution in [1.82, 2.24) is 23.7 Å². The molecular formula is C68H37N9. The van der Waals surface area contributed by atoms with Crippen molar-refractivity contribution in [3.8, 4) is 86.4 Å². The van der Waals surface area contributed by atoms with Crippen LogP contribution in [0.15, 0.2) is 224 Å². The number of rotatable bonds is 7. The Kier molecular flexibility index (Phi) is 10.2. The highest BCUT2D eigenvalue weighted by Crippen LogP contribution is 2.41. The van der Waals surface area contributed by atoms with Gasteiger partial charge in [-0.05, 0) is 121 Å². The van der Waals surface area contributed by atoms with Crippen LogP contribution in [0.4, 0.5) is 0 Å². The summed E-state index contributed by atoms with van der Waals surface area (Å²) in [7, 11) is 0. The molecule has 0 atom stereocenters. The van der Waals surface area contributed by atoms with Crippen LogP contribution in [-0.4, -0.2) is 23.7 Å². The highest BCUT2D eigenvalue weighted by Gasteiger charge is 2.22. The van der Waals surface area contributed by atoms with Gasteiger partial charge in [0.25, 0.3) is 0 Å². The van der Waals surface area contributed by atoms with Crippen molar-refractivity contribution in [3.63, 3.8) is 0 Å². The molecule has 0 fully saturated rings. The quantitative estimate of drug-likeness (QED) is 0.156. The number of benzene rings is 10. The number of fused-ring (bicyclic) bond motifs is 9. The van der Waals surface area contributed by atoms with Crippen molar-refractivity contribution in [2.24, 2.45) is 0 Å². The first-order valence-corrected chi connectivity index (χ1v) is 25.0. The largest absolute Gasteiger partial charge is 0.309 e. The summed E-state index contributed by atoms with van der Waals surface area (Å²) < 4.78 is 6.84. The molecule has 9 nitrogen and oxygen atoms in total. The van der Waals surface area contributed by atoms with Gasteiger partial charge in [0.2, 0.25) is 0 Å². The first-order valence-electron chi connectivity index (χ1n) is 25.0. The lowest BCUT2D eigenvalue weighted by atomic mass is 9.93. The van der Waals surface area contributed by atoms with E-state index in [1.165, 1.54) is 21.5 Å². The van der Waals surface area contributed by atoms with Crippen LogP contribution in [0, 0.1) is 45.3 Å². The molecule has 0 N–H and O–H groups in total. The van der Waals surface area contributed by atoms with Gasteiger partial charge < -0.3 is 13.7 Å². The average molecular weight is 980 g/mol. The number of aromatic nitrogens is 5. The van der Waals surface area contributed by atoms with Gasteiger partial charge in [-0.3, -0.25) is 0 Å². The minimum Gasteiger partial charge on any atom is -0.309 e. The number of para-hydroxylation sites is 4. The van der Waals surface area contributed by atoms with Crippen LogP contribution in [0.2, 0.25) is 0 Å². The fourth-order valence-electron chi connectivity index (χ4n) is 11.3. The van der Waals surface area contributed by atoms with Gasteiger partial charge in [0.05, 0.1) is 91.0 Å². The Morgan fingerprint density at radius 2 is 0.636 bits per heavy atom. The standard InChI is InChI=1S/C68H37N9/c69-38-42-17-21-44(22-18-42)59-37-60(74-68(73-59)47-23-19-43(39-70)20-24-47)45-25-27-46(28-26-45)67-48(40-71)33-52(34-49(67)41-72)77-65-31-29-50(75-61-13-5-1-9-53(61)54-10-2-6-14-62(54)75)35-57(65)58-36-51(30-32-66(58)77)76-63-15-7-3-11-55(63)56-12-4-8-16-64(56)76/h1-37H. The van der Waals surface area contributed by atoms with Crippen molar-refractivity contribution in [1.29, 1.82) is 21.0 Å². The van der Waals surface area contributed by atoms with Crippen molar-refractivity contribution < 1.29 is 0 Å². The fourth-order valence-corrected chi connectivity index (χ4v) is 11.3. The van der Waals surface area contributed by atoms with Gasteiger partial charge in [-0.25, -0.2) is 9.97 Å². The molecule has 0 unspecified atom stereocenters. The second kappa shape index (κ2) is 17.7. The molecule has 4 aromatic heterocycles. The molecule has 0 saturated heterocycles. The van der Waals surface area contributed by atoms with E-state index in [-0.39, 0.29) is 0 Å². The molecule has 0 aliphatic rings. The second-order valence-corrected chi connectivity index (χ2v) is 19.0. The van der Waals surface area contributed by atoms with Crippen molar-refractivity contribution in [2.45, 2.75) is 0 Å². The first-order chi connectivity index (χ1) is 38.0. The Hall–Kier alpha value is -11.4. The number of nitriles is 4. The minimum atomic E-state index is 0.360. The lowest BCUT2D eigenvalue weighted by Gasteiger charge is -2.14. The molecule has 77 heavy (non-hydrogen) atoms. The average Bonchev–Trinajstić information content (AvgIpc) is 4.29. The summed E-state index contributed by atoms with van der Waals surface area (Å²) in [6, 6.07) is 84.3. The van der Waals surface area contributed by atoms with Crippen LogP contribution in [-0.2, 0) is 0 Å². The molecule has 0 amide bonds. The van der Waals surface area contributed by atoms with Crippen molar-refractivity contribution in [3.05, 3.63) is 247 Å². The van der Waals surface area contributed by atoms with E-state index in [4.69, 9.17) is 9.97 Å². The number of hydrogen-bond acceptors (Lipinski definition) is 6. The van der Waals surface area contributed by atoms with E-state index in [2.05, 4.69) is 171 Å². The molecule has 9 heteroatoms. The van der Waals surface area contributed by atoms with Gasteiger partial charge in [-0.2, -0.15) is 21.0 Å². The maximum Gasteiger partial charge on any atom is 0.160 e.